The van der Waals surface area contributed by atoms with E-state index in [4.69, 9.17) is 9.47 Å². The lowest BCUT2D eigenvalue weighted by atomic mass is 10.2. The largest absolute Gasteiger partial charge is 0.497 e. The zero-order valence-electron chi connectivity index (χ0n) is 17.5. The molecule has 0 fully saturated rings. The van der Waals surface area contributed by atoms with E-state index in [0.29, 0.717) is 22.9 Å². The van der Waals surface area contributed by atoms with E-state index in [1.165, 1.54) is 31.4 Å². The zero-order valence-corrected chi connectivity index (χ0v) is 18.3. The zero-order chi connectivity index (χ0) is 22.4. The molecule has 162 valence electrons. The van der Waals surface area contributed by atoms with Crippen LogP contribution >= 0.6 is 0 Å². The Morgan fingerprint density at radius 3 is 2.13 bits per heavy atom. The van der Waals surface area contributed by atoms with Crippen molar-refractivity contribution in [3.63, 3.8) is 0 Å². The summed E-state index contributed by atoms with van der Waals surface area (Å²) >= 11 is 0. The summed E-state index contributed by atoms with van der Waals surface area (Å²) in [5.74, 6) is 0.926. The van der Waals surface area contributed by atoms with Gasteiger partial charge in [-0.2, -0.15) is 0 Å². The molecule has 0 saturated heterocycles. The lowest BCUT2D eigenvalue weighted by Crippen LogP contribution is -2.30. The quantitative estimate of drug-likeness (QED) is 0.547. The predicted octanol–water partition coefficient (Wildman–Crippen LogP) is 4.21. The SMILES string of the molecule is COc1ccc(NS(=O)(=O)c2ccc(NC(=O)[C@H](C)Oc3ccccc3C)cc2)cc1. The summed E-state index contributed by atoms with van der Waals surface area (Å²) in [6.45, 7) is 3.55. The highest BCUT2D eigenvalue weighted by Crippen LogP contribution is 2.21. The smallest absolute Gasteiger partial charge is 0.265 e. The molecule has 31 heavy (non-hydrogen) atoms. The van der Waals surface area contributed by atoms with Crippen molar-refractivity contribution >= 4 is 27.3 Å². The Morgan fingerprint density at radius 1 is 0.903 bits per heavy atom. The maximum Gasteiger partial charge on any atom is 0.265 e. The minimum absolute atomic E-state index is 0.0746. The lowest BCUT2D eigenvalue weighted by molar-refractivity contribution is -0.122. The summed E-state index contributed by atoms with van der Waals surface area (Å²) < 4.78 is 38.4. The van der Waals surface area contributed by atoms with Crippen LogP contribution in [-0.4, -0.2) is 27.5 Å². The number of sulfonamides is 1. The number of methoxy groups -OCH3 is 1. The second-order valence-electron chi connectivity index (χ2n) is 6.87. The maximum absolute atomic E-state index is 12.6. The molecule has 0 aliphatic heterocycles. The lowest BCUT2D eigenvalue weighted by Gasteiger charge is -2.16. The van der Waals surface area contributed by atoms with Gasteiger partial charge < -0.3 is 14.8 Å². The van der Waals surface area contributed by atoms with Gasteiger partial charge in [0.1, 0.15) is 11.5 Å². The standard InChI is InChI=1S/C23H24N2O5S/c1-16-6-4-5-7-22(16)30-17(2)23(26)24-18-10-14-21(15-11-18)31(27,28)25-19-8-12-20(29-3)13-9-19/h4-15,17,25H,1-3H3,(H,24,26)/t17-/m0/s1. The highest BCUT2D eigenvalue weighted by atomic mass is 32.2. The van der Waals surface area contributed by atoms with Gasteiger partial charge in [-0.3, -0.25) is 9.52 Å². The number of amides is 1. The van der Waals surface area contributed by atoms with Crippen molar-refractivity contribution in [2.45, 2.75) is 24.8 Å². The average Bonchev–Trinajstić information content (AvgIpc) is 2.76. The van der Waals surface area contributed by atoms with Gasteiger partial charge in [0.15, 0.2) is 6.10 Å². The number of ether oxygens (including phenoxy) is 2. The Balaban J connectivity index is 1.63. The van der Waals surface area contributed by atoms with Gasteiger partial charge in [0.2, 0.25) is 0 Å². The van der Waals surface area contributed by atoms with E-state index in [2.05, 4.69) is 10.0 Å². The van der Waals surface area contributed by atoms with Crippen LogP contribution in [-0.2, 0) is 14.8 Å². The number of carbonyl (C=O) groups excluding carboxylic acids is 1. The summed E-state index contributed by atoms with van der Waals surface area (Å²) in [6.07, 6.45) is -0.721. The average molecular weight is 441 g/mol. The molecule has 7 nitrogen and oxygen atoms in total. The second kappa shape index (κ2) is 9.53. The molecule has 1 amide bonds. The van der Waals surface area contributed by atoms with Gasteiger partial charge in [0.05, 0.1) is 12.0 Å². The number of anilines is 2. The van der Waals surface area contributed by atoms with Crippen LogP contribution in [0.5, 0.6) is 11.5 Å². The molecule has 1 atom stereocenters. The number of aryl methyl sites for hydroxylation is 1. The number of nitrogens with one attached hydrogen (secondary N) is 2. The molecule has 0 aliphatic carbocycles. The number of benzene rings is 3. The third-order valence-corrected chi connectivity index (χ3v) is 5.94. The minimum Gasteiger partial charge on any atom is -0.497 e. The van der Waals surface area contributed by atoms with Gasteiger partial charge in [-0.05, 0) is 74.0 Å². The fraction of sp³-hybridized carbons (Fsp3) is 0.174. The Morgan fingerprint density at radius 2 is 1.52 bits per heavy atom. The van der Waals surface area contributed by atoms with Gasteiger partial charge in [-0.25, -0.2) is 8.42 Å². The molecular formula is C23H24N2O5S. The number of rotatable bonds is 8. The molecule has 0 bridgehead atoms. The molecule has 0 aliphatic rings. The van der Waals surface area contributed by atoms with Crippen LogP contribution in [0.3, 0.4) is 0 Å². The van der Waals surface area contributed by atoms with E-state index in [-0.39, 0.29) is 10.8 Å². The fourth-order valence-electron chi connectivity index (χ4n) is 2.77. The van der Waals surface area contributed by atoms with Gasteiger partial charge in [0, 0.05) is 11.4 Å². The topological polar surface area (TPSA) is 93.7 Å². The van der Waals surface area contributed by atoms with Crippen molar-refractivity contribution in [1.82, 2.24) is 0 Å². The minimum atomic E-state index is -3.77. The van der Waals surface area contributed by atoms with Crippen LogP contribution in [0, 0.1) is 6.92 Å². The molecule has 0 radical (unpaired) electrons. The van der Waals surface area contributed by atoms with Crippen LogP contribution < -0.4 is 19.5 Å². The number of para-hydroxylation sites is 1. The van der Waals surface area contributed by atoms with Crippen molar-refractivity contribution in [2.75, 3.05) is 17.1 Å². The van der Waals surface area contributed by atoms with Crippen LogP contribution in [0.25, 0.3) is 0 Å². The first-order chi connectivity index (χ1) is 14.8. The van der Waals surface area contributed by atoms with Gasteiger partial charge >= 0.3 is 0 Å². The van der Waals surface area contributed by atoms with Crippen molar-refractivity contribution in [3.8, 4) is 11.5 Å². The van der Waals surface area contributed by atoms with Crippen molar-refractivity contribution < 1.29 is 22.7 Å². The van der Waals surface area contributed by atoms with Crippen LogP contribution in [0.2, 0.25) is 0 Å². The Bertz CT molecular complexity index is 1140. The first-order valence-corrected chi connectivity index (χ1v) is 11.1. The van der Waals surface area contributed by atoms with Gasteiger partial charge in [0.25, 0.3) is 15.9 Å². The summed E-state index contributed by atoms with van der Waals surface area (Å²) in [4.78, 5) is 12.5. The van der Waals surface area contributed by atoms with Crippen molar-refractivity contribution in [1.29, 1.82) is 0 Å². The molecular weight excluding hydrogens is 416 g/mol. The molecule has 2 N–H and O–H groups in total. The van der Waals surface area contributed by atoms with Gasteiger partial charge in [-0.1, -0.05) is 18.2 Å². The highest BCUT2D eigenvalue weighted by Gasteiger charge is 2.17. The van der Waals surface area contributed by atoms with E-state index in [1.807, 2.05) is 25.1 Å². The molecule has 3 rings (SSSR count). The third kappa shape index (κ3) is 5.76. The maximum atomic E-state index is 12.6. The van der Waals surface area contributed by atoms with Gasteiger partial charge in [-0.15, -0.1) is 0 Å². The Kier molecular flexibility index (Phi) is 6.81. The number of carbonyl (C=O) groups is 1. The third-order valence-electron chi connectivity index (χ3n) is 4.54. The summed E-state index contributed by atoms with van der Waals surface area (Å²) in [7, 11) is -2.23. The summed E-state index contributed by atoms with van der Waals surface area (Å²) in [6, 6.07) is 19.9. The molecule has 0 aromatic heterocycles. The monoisotopic (exact) mass is 440 g/mol. The van der Waals surface area contributed by atoms with E-state index < -0.39 is 16.1 Å². The Labute approximate surface area is 182 Å². The van der Waals surface area contributed by atoms with Crippen LogP contribution in [0.4, 0.5) is 11.4 Å². The number of hydrogen-bond donors (Lipinski definition) is 2. The normalized spacial score (nSPS) is 12.0. The van der Waals surface area contributed by atoms with E-state index in [0.717, 1.165) is 5.56 Å². The molecule has 3 aromatic rings. The summed E-state index contributed by atoms with van der Waals surface area (Å²) in [5.41, 5.74) is 1.81. The van der Waals surface area contributed by atoms with Crippen LogP contribution in [0.15, 0.2) is 77.7 Å². The fourth-order valence-corrected chi connectivity index (χ4v) is 3.83. The first kappa shape index (κ1) is 22.2. The molecule has 0 spiro atoms. The molecule has 0 heterocycles. The van der Waals surface area contributed by atoms with Crippen molar-refractivity contribution in [2.24, 2.45) is 0 Å². The predicted molar refractivity (Wildman–Crippen MR) is 120 cm³/mol. The summed E-state index contributed by atoms with van der Waals surface area (Å²) in [5, 5.41) is 2.73. The number of hydrogen-bond acceptors (Lipinski definition) is 5. The highest BCUT2D eigenvalue weighted by molar-refractivity contribution is 7.92. The molecule has 0 unspecified atom stereocenters. The second-order valence-corrected chi connectivity index (χ2v) is 8.56. The van der Waals surface area contributed by atoms with Crippen LogP contribution in [0.1, 0.15) is 12.5 Å². The van der Waals surface area contributed by atoms with E-state index >= 15 is 0 Å². The van der Waals surface area contributed by atoms with E-state index in [9.17, 15) is 13.2 Å². The Hall–Kier alpha value is -3.52. The molecule has 8 heteroatoms. The van der Waals surface area contributed by atoms with Crippen molar-refractivity contribution in [3.05, 3.63) is 78.4 Å². The molecule has 0 saturated carbocycles. The van der Waals surface area contributed by atoms with E-state index in [1.54, 1.807) is 37.3 Å². The molecule has 3 aromatic carbocycles. The first-order valence-electron chi connectivity index (χ1n) is 9.58.